The lowest BCUT2D eigenvalue weighted by molar-refractivity contribution is -0.119. The second-order valence-electron chi connectivity index (χ2n) is 6.39. The van der Waals surface area contributed by atoms with Crippen molar-refractivity contribution in [3.63, 3.8) is 0 Å². The molecule has 0 radical (unpaired) electrons. The van der Waals surface area contributed by atoms with E-state index in [4.69, 9.17) is 14.2 Å². The minimum absolute atomic E-state index is 0.0884. The van der Waals surface area contributed by atoms with Gasteiger partial charge in [0.15, 0.2) is 6.61 Å². The van der Waals surface area contributed by atoms with Gasteiger partial charge in [-0.2, -0.15) is 0 Å². The maximum atomic E-state index is 12.4. The van der Waals surface area contributed by atoms with Crippen molar-refractivity contribution in [2.24, 2.45) is 0 Å². The van der Waals surface area contributed by atoms with Crippen molar-refractivity contribution in [1.29, 1.82) is 0 Å². The fourth-order valence-corrected chi connectivity index (χ4v) is 3.89. The van der Waals surface area contributed by atoms with Crippen LogP contribution in [0.1, 0.15) is 48.4 Å². The topological polar surface area (TPSA) is 120 Å². The molecule has 0 aliphatic rings. The van der Waals surface area contributed by atoms with E-state index in [0.29, 0.717) is 11.3 Å². The molecule has 0 saturated carbocycles. The molecule has 2 aromatic rings. The highest BCUT2D eigenvalue weighted by Crippen LogP contribution is 2.33. The zero-order valence-corrected chi connectivity index (χ0v) is 18.7. The molecule has 166 valence electrons. The van der Waals surface area contributed by atoms with Crippen molar-refractivity contribution in [2.75, 3.05) is 32.7 Å². The van der Waals surface area contributed by atoms with Gasteiger partial charge in [0.25, 0.3) is 11.8 Å². The van der Waals surface area contributed by atoms with Crippen LogP contribution in [0.3, 0.4) is 0 Å². The molecule has 2 N–H and O–H groups in total. The van der Waals surface area contributed by atoms with Crippen LogP contribution in [-0.2, 0) is 14.3 Å². The van der Waals surface area contributed by atoms with Crippen molar-refractivity contribution in [3.8, 4) is 5.75 Å². The second-order valence-corrected chi connectivity index (χ2v) is 7.41. The van der Waals surface area contributed by atoms with Crippen LogP contribution in [0.5, 0.6) is 5.75 Å². The van der Waals surface area contributed by atoms with Crippen molar-refractivity contribution in [3.05, 3.63) is 45.3 Å². The van der Waals surface area contributed by atoms with E-state index in [0.717, 1.165) is 16.9 Å². The first-order valence-electron chi connectivity index (χ1n) is 9.37. The molecule has 0 bridgehead atoms. The highest BCUT2D eigenvalue weighted by molar-refractivity contribution is 7.18. The minimum Gasteiger partial charge on any atom is -0.496 e. The number of benzene rings is 1. The number of thiophene rings is 1. The molecular formula is C21H24N2O7S. The van der Waals surface area contributed by atoms with Crippen LogP contribution in [0.2, 0.25) is 0 Å². The Morgan fingerprint density at radius 1 is 1.06 bits per heavy atom. The average molecular weight is 448 g/mol. The molecule has 9 nitrogen and oxygen atoms in total. The number of amides is 2. The lowest BCUT2D eigenvalue weighted by Crippen LogP contribution is -2.22. The molecule has 0 atom stereocenters. The molecule has 31 heavy (non-hydrogen) atoms. The second kappa shape index (κ2) is 10.6. The molecule has 1 aromatic carbocycles. The molecule has 0 aliphatic heterocycles. The molecule has 2 rings (SSSR count). The number of hydrogen-bond acceptors (Lipinski definition) is 8. The Balaban J connectivity index is 2.18. The molecule has 0 aliphatic carbocycles. The number of carbonyl (C=O) groups is 4. The summed E-state index contributed by atoms with van der Waals surface area (Å²) in [7, 11) is 2.89. The molecule has 0 saturated heterocycles. The van der Waals surface area contributed by atoms with E-state index in [1.165, 1.54) is 14.2 Å². The summed E-state index contributed by atoms with van der Waals surface area (Å²) in [6.07, 6.45) is 0. The van der Waals surface area contributed by atoms with Crippen LogP contribution < -0.4 is 15.4 Å². The van der Waals surface area contributed by atoms with Gasteiger partial charge in [-0.15, -0.1) is 11.3 Å². The van der Waals surface area contributed by atoms with E-state index >= 15 is 0 Å². The highest BCUT2D eigenvalue weighted by Gasteiger charge is 2.26. The van der Waals surface area contributed by atoms with E-state index < -0.39 is 30.4 Å². The van der Waals surface area contributed by atoms with Crippen LogP contribution in [0, 0.1) is 13.8 Å². The van der Waals surface area contributed by atoms with E-state index in [-0.39, 0.29) is 27.6 Å². The number of ether oxygens (including phenoxy) is 3. The summed E-state index contributed by atoms with van der Waals surface area (Å²) >= 11 is 0.935. The van der Waals surface area contributed by atoms with Gasteiger partial charge in [-0.1, -0.05) is 11.6 Å². The van der Waals surface area contributed by atoms with Crippen LogP contribution in [0.15, 0.2) is 18.2 Å². The Bertz CT molecular complexity index is 1010. The number of esters is 2. The predicted octanol–water partition coefficient (Wildman–Crippen LogP) is 2.71. The maximum Gasteiger partial charge on any atom is 0.342 e. The van der Waals surface area contributed by atoms with E-state index in [9.17, 15) is 19.2 Å². The van der Waals surface area contributed by atoms with Gasteiger partial charge in [0.2, 0.25) is 0 Å². The van der Waals surface area contributed by atoms with Crippen molar-refractivity contribution in [2.45, 2.75) is 20.8 Å². The Kier molecular flexibility index (Phi) is 8.14. The third kappa shape index (κ3) is 5.60. The number of methoxy groups -OCH3 is 1. The molecule has 0 spiro atoms. The predicted molar refractivity (Wildman–Crippen MR) is 115 cm³/mol. The maximum absolute atomic E-state index is 12.4. The number of nitrogens with one attached hydrogen (secondary N) is 2. The standard InChI is InChI=1S/C21H24N2O7S/c1-6-29-21(27)16-12(3)17(18(25)22-4)31-19(16)23-15(24)10-30-20(26)13-9-11(2)7-8-14(13)28-5/h7-9H,6,10H2,1-5H3,(H,22,25)(H,23,24). The molecular weight excluding hydrogens is 424 g/mol. The van der Waals surface area contributed by atoms with E-state index in [1.54, 1.807) is 32.0 Å². The Morgan fingerprint density at radius 3 is 2.39 bits per heavy atom. The lowest BCUT2D eigenvalue weighted by Gasteiger charge is -2.10. The number of carbonyl (C=O) groups excluding carboxylic acids is 4. The van der Waals surface area contributed by atoms with Gasteiger partial charge < -0.3 is 24.8 Å². The van der Waals surface area contributed by atoms with Crippen LogP contribution in [0.4, 0.5) is 5.00 Å². The van der Waals surface area contributed by atoms with Crippen LogP contribution >= 0.6 is 11.3 Å². The largest absolute Gasteiger partial charge is 0.496 e. The number of hydrogen-bond donors (Lipinski definition) is 2. The van der Waals surface area contributed by atoms with Gasteiger partial charge in [0.1, 0.15) is 16.3 Å². The molecule has 10 heteroatoms. The Morgan fingerprint density at radius 2 is 1.77 bits per heavy atom. The zero-order chi connectivity index (χ0) is 23.1. The van der Waals surface area contributed by atoms with Crippen LogP contribution in [-0.4, -0.2) is 51.1 Å². The van der Waals surface area contributed by atoms with Crippen LogP contribution in [0.25, 0.3) is 0 Å². The summed E-state index contributed by atoms with van der Waals surface area (Å²) in [4.78, 5) is 49.5. The first-order chi connectivity index (χ1) is 14.7. The van der Waals surface area contributed by atoms with Crippen molar-refractivity contribution < 1.29 is 33.4 Å². The molecule has 0 fully saturated rings. The first kappa shape index (κ1) is 23.9. The molecule has 0 unspecified atom stereocenters. The lowest BCUT2D eigenvalue weighted by atomic mass is 10.1. The Labute approximate surface area is 183 Å². The van der Waals surface area contributed by atoms with Gasteiger partial charge >= 0.3 is 11.9 Å². The monoisotopic (exact) mass is 448 g/mol. The van der Waals surface area contributed by atoms with Crippen molar-refractivity contribution >= 4 is 40.1 Å². The third-order valence-corrected chi connectivity index (χ3v) is 5.43. The zero-order valence-electron chi connectivity index (χ0n) is 17.9. The molecule has 1 aromatic heterocycles. The summed E-state index contributed by atoms with van der Waals surface area (Å²) in [5, 5.41) is 5.16. The van der Waals surface area contributed by atoms with Gasteiger partial charge in [-0.3, -0.25) is 9.59 Å². The summed E-state index contributed by atoms with van der Waals surface area (Å²) in [5.74, 6) is -2.13. The smallest absolute Gasteiger partial charge is 0.342 e. The summed E-state index contributed by atoms with van der Waals surface area (Å²) in [6.45, 7) is 4.59. The first-order valence-corrected chi connectivity index (χ1v) is 10.2. The fourth-order valence-electron chi connectivity index (χ4n) is 2.73. The number of rotatable bonds is 8. The average Bonchev–Trinajstić information content (AvgIpc) is 3.07. The minimum atomic E-state index is -0.727. The normalized spacial score (nSPS) is 10.2. The van der Waals surface area contributed by atoms with Crippen molar-refractivity contribution in [1.82, 2.24) is 5.32 Å². The van der Waals surface area contributed by atoms with Gasteiger partial charge in [-0.25, -0.2) is 9.59 Å². The third-order valence-electron chi connectivity index (χ3n) is 4.22. The highest BCUT2D eigenvalue weighted by atomic mass is 32.1. The molecule has 2 amide bonds. The number of anilines is 1. The fraction of sp³-hybridized carbons (Fsp3) is 0.333. The van der Waals surface area contributed by atoms with E-state index in [2.05, 4.69) is 10.6 Å². The molecule has 1 heterocycles. The Hall–Kier alpha value is -3.40. The van der Waals surface area contributed by atoms with Gasteiger partial charge in [-0.05, 0) is 38.5 Å². The summed E-state index contributed by atoms with van der Waals surface area (Å²) in [5.41, 5.74) is 1.49. The number of aryl methyl sites for hydroxylation is 1. The summed E-state index contributed by atoms with van der Waals surface area (Å²) < 4.78 is 15.3. The summed E-state index contributed by atoms with van der Waals surface area (Å²) in [6, 6.07) is 5.00. The van der Waals surface area contributed by atoms with E-state index in [1.807, 2.05) is 6.92 Å². The SMILES string of the molecule is CCOC(=O)c1c(NC(=O)COC(=O)c2cc(C)ccc2OC)sc(C(=O)NC)c1C. The van der Waals surface area contributed by atoms with Gasteiger partial charge in [0.05, 0.1) is 24.2 Å². The van der Waals surface area contributed by atoms with Gasteiger partial charge in [0, 0.05) is 7.05 Å². The quantitative estimate of drug-likeness (QED) is 0.596.